The van der Waals surface area contributed by atoms with Gasteiger partial charge in [-0.15, -0.1) is 0 Å². The largest absolute Gasteiger partial charge is 0.370 e. The third-order valence-corrected chi connectivity index (χ3v) is 3.07. The molecule has 1 aromatic rings. The summed E-state index contributed by atoms with van der Waals surface area (Å²) in [7, 11) is 0. The van der Waals surface area contributed by atoms with Crippen molar-refractivity contribution in [3.05, 3.63) is 35.4 Å². The Kier molecular flexibility index (Phi) is 3.13. The summed E-state index contributed by atoms with van der Waals surface area (Å²) in [6, 6.07) is 8.62. The number of nitrogens with one attached hydrogen (secondary N) is 1. The number of rotatable bonds is 2. The fraction of sp³-hybridized carbons (Fsp3) is 0.462. The van der Waals surface area contributed by atoms with Gasteiger partial charge in [0, 0.05) is 12.5 Å². The number of benzene rings is 1. The van der Waals surface area contributed by atoms with Crippen LogP contribution in [0, 0.1) is 0 Å². The van der Waals surface area contributed by atoms with Crippen LogP contribution >= 0.6 is 0 Å². The molecule has 3 heteroatoms. The topological polar surface area (TPSA) is 50.4 Å². The van der Waals surface area contributed by atoms with Crippen LogP contribution in [-0.2, 0) is 0 Å². The Morgan fingerprint density at radius 1 is 1.38 bits per heavy atom. The van der Waals surface area contributed by atoms with E-state index in [0.29, 0.717) is 17.8 Å². The maximum absolute atomic E-state index is 5.61. The predicted molar refractivity (Wildman–Crippen MR) is 67.8 cm³/mol. The van der Waals surface area contributed by atoms with E-state index in [1.54, 1.807) is 0 Å². The van der Waals surface area contributed by atoms with E-state index >= 15 is 0 Å². The van der Waals surface area contributed by atoms with Crippen LogP contribution in [0.5, 0.6) is 0 Å². The summed E-state index contributed by atoms with van der Waals surface area (Å²) >= 11 is 0. The molecule has 1 aliphatic rings. The van der Waals surface area contributed by atoms with Crippen LogP contribution in [0.3, 0.4) is 0 Å². The van der Waals surface area contributed by atoms with Crippen LogP contribution in [0.4, 0.5) is 0 Å². The number of guanidine groups is 1. The van der Waals surface area contributed by atoms with Crippen LogP contribution in [0.15, 0.2) is 29.3 Å². The molecule has 0 bridgehead atoms. The van der Waals surface area contributed by atoms with Crippen molar-refractivity contribution in [3.63, 3.8) is 0 Å². The molecule has 16 heavy (non-hydrogen) atoms. The van der Waals surface area contributed by atoms with Crippen molar-refractivity contribution < 1.29 is 0 Å². The van der Waals surface area contributed by atoms with Crippen LogP contribution < -0.4 is 11.1 Å². The van der Waals surface area contributed by atoms with Crippen LogP contribution in [0.1, 0.15) is 36.8 Å². The maximum Gasteiger partial charge on any atom is 0.188 e. The quantitative estimate of drug-likeness (QED) is 0.793. The zero-order valence-corrected chi connectivity index (χ0v) is 9.90. The Hall–Kier alpha value is -1.51. The SMILES string of the molecule is CC(C)c1ccccc1C1CN=C(N)NC1. The van der Waals surface area contributed by atoms with E-state index in [9.17, 15) is 0 Å². The molecule has 1 unspecified atom stereocenters. The molecule has 1 atom stereocenters. The van der Waals surface area contributed by atoms with Gasteiger partial charge in [0.05, 0.1) is 6.54 Å². The number of hydrogen-bond donors (Lipinski definition) is 2. The minimum Gasteiger partial charge on any atom is -0.370 e. The first kappa shape index (κ1) is 11.0. The second kappa shape index (κ2) is 4.56. The zero-order chi connectivity index (χ0) is 11.5. The van der Waals surface area contributed by atoms with Gasteiger partial charge in [0.1, 0.15) is 0 Å². The number of aliphatic imine (C=N–C) groups is 1. The second-order valence-corrected chi connectivity index (χ2v) is 4.59. The van der Waals surface area contributed by atoms with Gasteiger partial charge in [-0.3, -0.25) is 4.99 Å². The van der Waals surface area contributed by atoms with Gasteiger partial charge in [0.2, 0.25) is 0 Å². The van der Waals surface area contributed by atoms with E-state index in [1.807, 2.05) is 0 Å². The number of nitrogens with zero attached hydrogens (tertiary/aromatic N) is 1. The van der Waals surface area contributed by atoms with Crippen LogP contribution in [-0.4, -0.2) is 19.0 Å². The lowest BCUT2D eigenvalue weighted by molar-refractivity contribution is 0.624. The molecular formula is C13H19N3. The highest BCUT2D eigenvalue weighted by Gasteiger charge is 2.19. The molecule has 1 aliphatic heterocycles. The third-order valence-electron chi connectivity index (χ3n) is 3.07. The lowest BCUT2D eigenvalue weighted by Crippen LogP contribution is -2.40. The summed E-state index contributed by atoms with van der Waals surface area (Å²) in [5.74, 6) is 1.57. The highest BCUT2D eigenvalue weighted by atomic mass is 15.1. The summed E-state index contributed by atoms with van der Waals surface area (Å²) in [4.78, 5) is 4.27. The molecule has 0 saturated carbocycles. The Morgan fingerprint density at radius 3 is 2.75 bits per heavy atom. The molecule has 86 valence electrons. The van der Waals surface area contributed by atoms with Crippen molar-refractivity contribution >= 4 is 5.96 Å². The van der Waals surface area contributed by atoms with Gasteiger partial charge < -0.3 is 11.1 Å². The molecule has 3 nitrogen and oxygen atoms in total. The number of hydrogen-bond acceptors (Lipinski definition) is 3. The van der Waals surface area contributed by atoms with Crippen molar-refractivity contribution in [2.45, 2.75) is 25.7 Å². The summed E-state index contributed by atoms with van der Waals surface area (Å²) in [6.45, 7) is 6.14. The minimum atomic E-state index is 0.450. The maximum atomic E-state index is 5.61. The molecule has 1 heterocycles. The molecule has 0 radical (unpaired) electrons. The molecule has 1 aromatic carbocycles. The standard InChI is InChI=1S/C13H19N3/c1-9(2)11-5-3-4-6-12(11)10-7-15-13(14)16-8-10/h3-6,9-10H,7-8H2,1-2H3,(H3,14,15,16). The van der Waals surface area contributed by atoms with E-state index in [0.717, 1.165) is 13.1 Å². The molecule has 0 amide bonds. The molecule has 0 spiro atoms. The van der Waals surface area contributed by atoms with Gasteiger partial charge in [-0.1, -0.05) is 38.1 Å². The van der Waals surface area contributed by atoms with Crippen LogP contribution in [0.2, 0.25) is 0 Å². The Morgan fingerprint density at radius 2 is 2.12 bits per heavy atom. The highest BCUT2D eigenvalue weighted by Crippen LogP contribution is 2.26. The lowest BCUT2D eigenvalue weighted by atomic mass is 9.88. The average molecular weight is 217 g/mol. The molecule has 3 N–H and O–H groups in total. The van der Waals surface area contributed by atoms with Gasteiger partial charge in [-0.2, -0.15) is 0 Å². The third kappa shape index (κ3) is 2.18. The van der Waals surface area contributed by atoms with E-state index in [4.69, 9.17) is 5.73 Å². The summed E-state index contributed by atoms with van der Waals surface area (Å²) in [5, 5.41) is 3.12. The normalized spacial score (nSPS) is 20.4. The van der Waals surface area contributed by atoms with Gasteiger partial charge >= 0.3 is 0 Å². The summed E-state index contributed by atoms with van der Waals surface area (Å²) in [5.41, 5.74) is 8.44. The van der Waals surface area contributed by atoms with E-state index < -0.39 is 0 Å². The van der Waals surface area contributed by atoms with Crippen molar-refractivity contribution in [1.29, 1.82) is 0 Å². The van der Waals surface area contributed by atoms with Crippen molar-refractivity contribution in [1.82, 2.24) is 5.32 Å². The molecule has 2 rings (SSSR count). The first-order valence-corrected chi connectivity index (χ1v) is 5.81. The average Bonchev–Trinajstić information content (AvgIpc) is 2.30. The molecule has 0 aliphatic carbocycles. The van der Waals surface area contributed by atoms with Crippen molar-refractivity contribution in [3.8, 4) is 0 Å². The van der Waals surface area contributed by atoms with Gasteiger partial charge in [-0.05, 0) is 17.0 Å². The predicted octanol–water partition coefficient (Wildman–Crippen LogP) is 1.81. The first-order valence-electron chi connectivity index (χ1n) is 5.81. The van der Waals surface area contributed by atoms with Crippen molar-refractivity contribution in [2.75, 3.05) is 13.1 Å². The fourth-order valence-electron chi connectivity index (χ4n) is 2.17. The Labute approximate surface area is 96.8 Å². The van der Waals surface area contributed by atoms with E-state index in [1.165, 1.54) is 11.1 Å². The van der Waals surface area contributed by atoms with Crippen LogP contribution in [0.25, 0.3) is 0 Å². The Bertz CT molecular complexity index is 396. The number of nitrogens with two attached hydrogens (primary N) is 1. The molecule has 0 saturated heterocycles. The van der Waals surface area contributed by atoms with Gasteiger partial charge in [0.15, 0.2) is 5.96 Å². The lowest BCUT2D eigenvalue weighted by Gasteiger charge is -2.24. The fourth-order valence-corrected chi connectivity index (χ4v) is 2.17. The Balaban J connectivity index is 2.27. The minimum absolute atomic E-state index is 0.450. The van der Waals surface area contributed by atoms with Crippen molar-refractivity contribution in [2.24, 2.45) is 10.7 Å². The van der Waals surface area contributed by atoms with Gasteiger partial charge in [-0.25, -0.2) is 0 Å². The van der Waals surface area contributed by atoms with Gasteiger partial charge in [0.25, 0.3) is 0 Å². The molecular weight excluding hydrogens is 198 g/mol. The zero-order valence-electron chi connectivity index (χ0n) is 9.90. The monoisotopic (exact) mass is 217 g/mol. The summed E-state index contributed by atoms with van der Waals surface area (Å²) in [6.07, 6.45) is 0. The first-order chi connectivity index (χ1) is 7.68. The van der Waals surface area contributed by atoms with E-state index in [-0.39, 0.29) is 0 Å². The highest BCUT2D eigenvalue weighted by molar-refractivity contribution is 5.78. The molecule has 0 fully saturated rings. The molecule has 0 aromatic heterocycles. The summed E-state index contributed by atoms with van der Waals surface area (Å²) < 4.78 is 0. The second-order valence-electron chi connectivity index (χ2n) is 4.59. The van der Waals surface area contributed by atoms with E-state index in [2.05, 4.69) is 48.4 Å². The smallest absolute Gasteiger partial charge is 0.188 e.